The third kappa shape index (κ3) is 6.91. The van der Waals surface area contributed by atoms with Crippen molar-refractivity contribution in [3.8, 4) is 12.3 Å². The molecule has 8 heteroatoms. The van der Waals surface area contributed by atoms with Crippen LogP contribution in [0.1, 0.15) is 53.4 Å². The molecule has 8 nitrogen and oxygen atoms in total. The van der Waals surface area contributed by atoms with Crippen LogP contribution in [0.2, 0.25) is 0 Å². The first kappa shape index (κ1) is 24.0. The van der Waals surface area contributed by atoms with Gasteiger partial charge in [-0.25, -0.2) is 4.79 Å². The van der Waals surface area contributed by atoms with Gasteiger partial charge in [-0.2, -0.15) is 0 Å². The molecule has 2 saturated heterocycles. The summed E-state index contributed by atoms with van der Waals surface area (Å²) in [5.41, 5.74) is -0.588. The maximum absolute atomic E-state index is 12.8. The van der Waals surface area contributed by atoms with Gasteiger partial charge in [0.15, 0.2) is 0 Å². The van der Waals surface area contributed by atoms with E-state index in [-0.39, 0.29) is 30.3 Å². The summed E-state index contributed by atoms with van der Waals surface area (Å²) in [5.74, 6) is 2.48. The van der Waals surface area contributed by atoms with Crippen molar-refractivity contribution in [2.24, 2.45) is 5.92 Å². The molecule has 0 aromatic rings. The molecule has 0 radical (unpaired) electrons. The summed E-state index contributed by atoms with van der Waals surface area (Å²) >= 11 is 0. The number of amides is 3. The van der Waals surface area contributed by atoms with Crippen LogP contribution in [-0.4, -0.2) is 78.1 Å². The lowest BCUT2D eigenvalue weighted by atomic mass is 9.96. The maximum atomic E-state index is 12.8. The smallest absolute Gasteiger partial charge is 0.410 e. The number of carbonyl (C=O) groups is 3. The standard InChI is InChI=1S/C22H36N4O4/c1-6-11-23-19(27)16(2)25-12-7-9-17(15-25)14-24-20(28)18-10-8-13-26(18)21(29)30-22(3,4)5/h1,16-18H,7-15H2,2-5H3,(H,23,27)(H,24,28). The Morgan fingerprint density at radius 3 is 2.53 bits per heavy atom. The Kier molecular flexibility index (Phi) is 8.54. The Morgan fingerprint density at radius 2 is 1.87 bits per heavy atom. The lowest BCUT2D eigenvalue weighted by molar-refractivity contribution is -0.127. The van der Waals surface area contributed by atoms with Gasteiger partial charge < -0.3 is 15.4 Å². The third-order valence-electron chi connectivity index (χ3n) is 5.59. The molecule has 2 aliphatic rings. The first-order valence-electron chi connectivity index (χ1n) is 10.8. The van der Waals surface area contributed by atoms with Gasteiger partial charge in [-0.05, 0) is 65.8 Å². The molecule has 2 rings (SSSR count). The van der Waals surface area contributed by atoms with Crippen molar-refractivity contribution in [2.45, 2.75) is 71.1 Å². The molecule has 0 aliphatic carbocycles. The molecule has 168 valence electrons. The molecule has 3 amide bonds. The van der Waals surface area contributed by atoms with E-state index in [2.05, 4.69) is 21.5 Å². The van der Waals surface area contributed by atoms with E-state index in [4.69, 9.17) is 11.2 Å². The van der Waals surface area contributed by atoms with Crippen LogP contribution in [0.5, 0.6) is 0 Å². The number of nitrogens with zero attached hydrogens (tertiary/aromatic N) is 2. The van der Waals surface area contributed by atoms with Gasteiger partial charge in [0.2, 0.25) is 11.8 Å². The van der Waals surface area contributed by atoms with E-state index in [9.17, 15) is 14.4 Å². The highest BCUT2D eigenvalue weighted by Gasteiger charge is 2.37. The molecular formula is C22H36N4O4. The van der Waals surface area contributed by atoms with E-state index in [0.29, 0.717) is 19.5 Å². The predicted molar refractivity (Wildman–Crippen MR) is 115 cm³/mol. The first-order chi connectivity index (χ1) is 14.1. The molecule has 0 aromatic heterocycles. The van der Waals surface area contributed by atoms with Crippen molar-refractivity contribution in [2.75, 3.05) is 32.7 Å². The van der Waals surface area contributed by atoms with Crippen LogP contribution >= 0.6 is 0 Å². The Labute approximate surface area is 180 Å². The molecule has 2 aliphatic heterocycles. The second-order valence-corrected chi connectivity index (χ2v) is 9.18. The summed E-state index contributed by atoms with van der Waals surface area (Å²) in [5, 5.41) is 5.75. The van der Waals surface area contributed by atoms with Gasteiger partial charge in [-0.3, -0.25) is 19.4 Å². The first-order valence-corrected chi connectivity index (χ1v) is 10.8. The number of rotatable bonds is 6. The Hall–Kier alpha value is -2.27. The topological polar surface area (TPSA) is 91.0 Å². The third-order valence-corrected chi connectivity index (χ3v) is 5.59. The molecule has 2 heterocycles. The molecule has 0 spiro atoms. The predicted octanol–water partition coefficient (Wildman–Crippen LogP) is 1.35. The monoisotopic (exact) mass is 420 g/mol. The van der Waals surface area contributed by atoms with Crippen LogP contribution in [0.3, 0.4) is 0 Å². The van der Waals surface area contributed by atoms with E-state index in [1.807, 2.05) is 27.7 Å². The van der Waals surface area contributed by atoms with Crippen molar-refractivity contribution < 1.29 is 19.1 Å². The quantitative estimate of drug-likeness (QED) is 0.633. The molecule has 3 unspecified atom stereocenters. The number of carbonyl (C=O) groups excluding carboxylic acids is 3. The minimum Gasteiger partial charge on any atom is -0.444 e. The van der Waals surface area contributed by atoms with E-state index in [1.165, 1.54) is 4.90 Å². The Bertz CT molecular complexity index is 667. The summed E-state index contributed by atoms with van der Waals surface area (Å²) in [6.45, 7) is 10.2. The molecule has 3 atom stereocenters. The highest BCUT2D eigenvalue weighted by molar-refractivity contribution is 5.86. The molecule has 2 fully saturated rings. The van der Waals surface area contributed by atoms with Crippen molar-refractivity contribution in [1.29, 1.82) is 0 Å². The number of nitrogens with one attached hydrogen (secondary N) is 2. The van der Waals surface area contributed by atoms with E-state index < -0.39 is 17.7 Å². The Balaban J connectivity index is 1.84. The van der Waals surface area contributed by atoms with Crippen molar-refractivity contribution in [1.82, 2.24) is 20.4 Å². The summed E-state index contributed by atoms with van der Waals surface area (Å²) < 4.78 is 5.44. The van der Waals surface area contributed by atoms with E-state index >= 15 is 0 Å². The van der Waals surface area contributed by atoms with Gasteiger partial charge in [0.05, 0.1) is 12.6 Å². The van der Waals surface area contributed by atoms with Crippen LogP contribution in [0.15, 0.2) is 0 Å². The maximum Gasteiger partial charge on any atom is 0.410 e. The lowest BCUT2D eigenvalue weighted by Gasteiger charge is -2.36. The number of likely N-dealkylation sites (tertiary alicyclic amines) is 2. The summed E-state index contributed by atoms with van der Waals surface area (Å²) in [6, 6.07) is -0.734. The molecule has 2 N–H and O–H groups in total. The van der Waals surface area contributed by atoms with Crippen LogP contribution in [0, 0.1) is 18.3 Å². The molecular weight excluding hydrogens is 384 g/mol. The molecule has 30 heavy (non-hydrogen) atoms. The number of terminal acetylenes is 1. The van der Waals surface area contributed by atoms with Gasteiger partial charge in [0, 0.05) is 19.6 Å². The fourth-order valence-corrected chi connectivity index (χ4v) is 4.01. The zero-order valence-electron chi connectivity index (χ0n) is 18.7. The largest absolute Gasteiger partial charge is 0.444 e. The number of ether oxygens (including phenoxy) is 1. The van der Waals surface area contributed by atoms with Crippen molar-refractivity contribution in [3.63, 3.8) is 0 Å². The second-order valence-electron chi connectivity index (χ2n) is 9.18. The zero-order valence-corrected chi connectivity index (χ0v) is 18.7. The lowest BCUT2D eigenvalue weighted by Crippen LogP contribution is -2.52. The van der Waals surface area contributed by atoms with Gasteiger partial charge in [0.1, 0.15) is 11.6 Å². The fraction of sp³-hybridized carbons (Fsp3) is 0.773. The minimum absolute atomic E-state index is 0.0726. The van der Waals surface area contributed by atoms with Crippen LogP contribution in [0.25, 0.3) is 0 Å². The summed E-state index contributed by atoms with van der Waals surface area (Å²) in [4.78, 5) is 41.0. The fourth-order valence-electron chi connectivity index (χ4n) is 4.01. The highest BCUT2D eigenvalue weighted by atomic mass is 16.6. The van der Waals surface area contributed by atoms with E-state index in [0.717, 1.165) is 32.4 Å². The Morgan fingerprint density at radius 1 is 1.17 bits per heavy atom. The zero-order chi connectivity index (χ0) is 22.3. The molecule has 0 aromatic carbocycles. The van der Waals surface area contributed by atoms with Crippen LogP contribution in [-0.2, 0) is 14.3 Å². The summed E-state index contributed by atoms with van der Waals surface area (Å²) in [6.07, 6.45) is 8.18. The van der Waals surface area contributed by atoms with E-state index in [1.54, 1.807) is 0 Å². The average molecular weight is 421 g/mol. The van der Waals surface area contributed by atoms with Crippen LogP contribution in [0.4, 0.5) is 4.79 Å². The molecule has 0 saturated carbocycles. The van der Waals surface area contributed by atoms with Gasteiger partial charge in [-0.1, -0.05) is 5.92 Å². The van der Waals surface area contributed by atoms with Gasteiger partial charge >= 0.3 is 6.09 Å². The average Bonchev–Trinajstić information content (AvgIpc) is 3.19. The highest BCUT2D eigenvalue weighted by Crippen LogP contribution is 2.22. The number of hydrogen-bond acceptors (Lipinski definition) is 5. The number of hydrogen-bond donors (Lipinski definition) is 2. The van der Waals surface area contributed by atoms with Crippen molar-refractivity contribution in [3.05, 3.63) is 0 Å². The summed E-state index contributed by atoms with van der Waals surface area (Å²) in [7, 11) is 0. The molecule has 0 bridgehead atoms. The second kappa shape index (κ2) is 10.7. The van der Waals surface area contributed by atoms with Crippen molar-refractivity contribution >= 4 is 17.9 Å². The number of piperidine rings is 1. The van der Waals surface area contributed by atoms with Gasteiger partial charge in [0.25, 0.3) is 0 Å². The SMILES string of the molecule is C#CCNC(=O)C(C)N1CCCC(CNC(=O)C2CCCN2C(=O)OC(C)(C)C)C1. The normalized spacial score (nSPS) is 23.4. The minimum atomic E-state index is -0.588. The van der Waals surface area contributed by atoms with Crippen LogP contribution < -0.4 is 10.6 Å². The van der Waals surface area contributed by atoms with Gasteiger partial charge in [-0.15, -0.1) is 6.42 Å².